The standard InChI is InChI=1S/C18H18N2O3/c21-18(15-6-2-4-9-19-15)20-10-3-1-5-14-7-8-16-17(13-14)23-12-11-22-16/h1-2,4-9,13H,3,10-12H2,(H,20,21)/b5-1+. The van der Waals surface area contributed by atoms with Crippen LogP contribution in [-0.2, 0) is 0 Å². The van der Waals surface area contributed by atoms with E-state index in [-0.39, 0.29) is 5.91 Å². The van der Waals surface area contributed by atoms with E-state index >= 15 is 0 Å². The van der Waals surface area contributed by atoms with E-state index in [9.17, 15) is 4.79 Å². The zero-order valence-electron chi connectivity index (χ0n) is 12.7. The molecule has 1 amide bonds. The average molecular weight is 310 g/mol. The molecule has 0 saturated heterocycles. The predicted molar refractivity (Wildman–Crippen MR) is 87.7 cm³/mol. The van der Waals surface area contributed by atoms with Gasteiger partial charge in [0, 0.05) is 12.7 Å². The lowest BCUT2D eigenvalue weighted by atomic mass is 10.1. The monoisotopic (exact) mass is 310 g/mol. The van der Waals surface area contributed by atoms with E-state index in [0.29, 0.717) is 25.5 Å². The molecule has 1 aromatic heterocycles. The first kappa shape index (κ1) is 15.1. The number of hydrogen-bond donors (Lipinski definition) is 1. The highest BCUT2D eigenvalue weighted by Crippen LogP contribution is 2.31. The Morgan fingerprint density at radius 3 is 2.87 bits per heavy atom. The zero-order chi connectivity index (χ0) is 15.9. The molecule has 1 aliphatic heterocycles. The highest BCUT2D eigenvalue weighted by molar-refractivity contribution is 5.92. The zero-order valence-corrected chi connectivity index (χ0v) is 12.7. The van der Waals surface area contributed by atoms with E-state index in [1.54, 1.807) is 24.4 Å². The second-order valence-electron chi connectivity index (χ2n) is 5.07. The smallest absolute Gasteiger partial charge is 0.269 e. The lowest BCUT2D eigenvalue weighted by Crippen LogP contribution is -2.24. The number of carbonyl (C=O) groups excluding carboxylic acids is 1. The molecule has 3 rings (SSSR count). The maximum absolute atomic E-state index is 11.8. The van der Waals surface area contributed by atoms with Crippen LogP contribution in [0.4, 0.5) is 0 Å². The van der Waals surface area contributed by atoms with Crippen LogP contribution in [0.3, 0.4) is 0 Å². The second kappa shape index (κ2) is 7.45. The van der Waals surface area contributed by atoms with Crippen LogP contribution in [0, 0.1) is 0 Å². The first-order chi connectivity index (χ1) is 11.3. The van der Waals surface area contributed by atoms with Crippen LogP contribution in [0.1, 0.15) is 22.5 Å². The Morgan fingerprint density at radius 2 is 2.04 bits per heavy atom. The van der Waals surface area contributed by atoms with Gasteiger partial charge in [-0.2, -0.15) is 0 Å². The number of ether oxygens (including phenoxy) is 2. The van der Waals surface area contributed by atoms with Crippen molar-refractivity contribution in [3.8, 4) is 11.5 Å². The normalized spacial score (nSPS) is 13.0. The summed E-state index contributed by atoms with van der Waals surface area (Å²) in [4.78, 5) is 15.8. The molecule has 0 saturated carbocycles. The molecule has 0 atom stereocenters. The van der Waals surface area contributed by atoms with Crippen molar-refractivity contribution in [1.29, 1.82) is 0 Å². The lowest BCUT2D eigenvalue weighted by molar-refractivity contribution is 0.0949. The Morgan fingerprint density at radius 1 is 1.17 bits per heavy atom. The van der Waals surface area contributed by atoms with Gasteiger partial charge in [0.1, 0.15) is 18.9 Å². The summed E-state index contributed by atoms with van der Waals surface area (Å²) in [5.41, 5.74) is 1.48. The number of aromatic nitrogens is 1. The average Bonchev–Trinajstić information content (AvgIpc) is 2.62. The fraction of sp³-hybridized carbons (Fsp3) is 0.222. The molecular weight excluding hydrogens is 292 g/mol. The van der Waals surface area contributed by atoms with Crippen molar-refractivity contribution in [3.63, 3.8) is 0 Å². The molecule has 1 N–H and O–H groups in total. The van der Waals surface area contributed by atoms with Crippen LogP contribution < -0.4 is 14.8 Å². The van der Waals surface area contributed by atoms with Crippen molar-refractivity contribution in [3.05, 3.63) is 59.9 Å². The van der Waals surface area contributed by atoms with Crippen molar-refractivity contribution < 1.29 is 14.3 Å². The minimum Gasteiger partial charge on any atom is -0.486 e. The first-order valence-corrected chi connectivity index (χ1v) is 7.58. The molecule has 1 aliphatic rings. The SMILES string of the molecule is O=C(NCC/C=C/c1ccc2c(c1)OCCO2)c1ccccn1. The van der Waals surface area contributed by atoms with E-state index in [0.717, 1.165) is 23.5 Å². The summed E-state index contributed by atoms with van der Waals surface area (Å²) in [6.45, 7) is 1.74. The number of nitrogens with one attached hydrogen (secondary N) is 1. The second-order valence-corrected chi connectivity index (χ2v) is 5.07. The third-order valence-electron chi connectivity index (χ3n) is 3.37. The van der Waals surface area contributed by atoms with E-state index in [2.05, 4.69) is 10.3 Å². The number of fused-ring (bicyclic) bond motifs is 1. The highest BCUT2D eigenvalue weighted by atomic mass is 16.6. The number of nitrogens with zero attached hydrogens (tertiary/aromatic N) is 1. The molecule has 23 heavy (non-hydrogen) atoms. The molecule has 0 radical (unpaired) electrons. The van der Waals surface area contributed by atoms with E-state index in [4.69, 9.17) is 9.47 Å². The summed E-state index contributed by atoms with van der Waals surface area (Å²) in [5, 5.41) is 2.84. The molecule has 5 nitrogen and oxygen atoms in total. The number of amides is 1. The van der Waals surface area contributed by atoms with Crippen LogP contribution in [0.2, 0.25) is 0 Å². The van der Waals surface area contributed by atoms with Crippen LogP contribution in [0.5, 0.6) is 11.5 Å². The minimum absolute atomic E-state index is 0.154. The molecule has 0 bridgehead atoms. The maximum atomic E-state index is 11.8. The summed E-state index contributed by atoms with van der Waals surface area (Å²) in [5.74, 6) is 1.41. The summed E-state index contributed by atoms with van der Waals surface area (Å²) < 4.78 is 11.0. The number of pyridine rings is 1. The van der Waals surface area contributed by atoms with Crippen molar-refractivity contribution in [2.24, 2.45) is 0 Å². The number of hydrogen-bond acceptors (Lipinski definition) is 4. The fourth-order valence-corrected chi connectivity index (χ4v) is 2.24. The van der Waals surface area contributed by atoms with Crippen LogP contribution in [0.25, 0.3) is 6.08 Å². The Balaban J connectivity index is 1.47. The van der Waals surface area contributed by atoms with Gasteiger partial charge in [-0.05, 0) is 36.2 Å². The van der Waals surface area contributed by atoms with Gasteiger partial charge in [0.05, 0.1) is 0 Å². The number of carbonyl (C=O) groups is 1. The third-order valence-corrected chi connectivity index (χ3v) is 3.37. The van der Waals surface area contributed by atoms with Gasteiger partial charge in [-0.3, -0.25) is 9.78 Å². The van der Waals surface area contributed by atoms with E-state index in [1.807, 2.05) is 30.4 Å². The Labute approximate surface area is 135 Å². The Hall–Kier alpha value is -2.82. The molecule has 2 aromatic rings. The quantitative estimate of drug-likeness (QED) is 0.863. The van der Waals surface area contributed by atoms with Gasteiger partial charge in [0.2, 0.25) is 0 Å². The molecule has 118 valence electrons. The molecule has 5 heteroatoms. The molecule has 1 aromatic carbocycles. The summed E-state index contributed by atoms with van der Waals surface area (Å²) in [7, 11) is 0. The van der Waals surface area contributed by atoms with Crippen LogP contribution in [-0.4, -0.2) is 30.6 Å². The Bertz CT molecular complexity index is 699. The summed E-state index contributed by atoms with van der Waals surface area (Å²) in [6.07, 6.45) is 6.37. The molecular formula is C18H18N2O3. The summed E-state index contributed by atoms with van der Waals surface area (Å²) in [6, 6.07) is 11.1. The summed E-state index contributed by atoms with van der Waals surface area (Å²) >= 11 is 0. The Kier molecular flexibility index (Phi) is 4.88. The van der Waals surface area contributed by atoms with Gasteiger partial charge >= 0.3 is 0 Å². The predicted octanol–water partition coefficient (Wildman–Crippen LogP) is 2.69. The van der Waals surface area contributed by atoms with E-state index in [1.165, 1.54) is 0 Å². The number of rotatable bonds is 5. The van der Waals surface area contributed by atoms with Crippen molar-refractivity contribution >= 4 is 12.0 Å². The van der Waals surface area contributed by atoms with E-state index < -0.39 is 0 Å². The van der Waals surface area contributed by atoms with Crippen LogP contribution >= 0.6 is 0 Å². The maximum Gasteiger partial charge on any atom is 0.269 e. The number of benzene rings is 1. The fourth-order valence-electron chi connectivity index (χ4n) is 2.24. The van der Waals surface area contributed by atoms with Gasteiger partial charge in [-0.15, -0.1) is 0 Å². The van der Waals surface area contributed by atoms with Gasteiger partial charge in [-0.1, -0.05) is 24.3 Å². The molecule has 2 heterocycles. The van der Waals surface area contributed by atoms with Gasteiger partial charge < -0.3 is 14.8 Å². The molecule has 0 aliphatic carbocycles. The third kappa shape index (κ3) is 4.10. The highest BCUT2D eigenvalue weighted by Gasteiger charge is 2.10. The van der Waals surface area contributed by atoms with Crippen molar-refractivity contribution in [1.82, 2.24) is 10.3 Å². The topological polar surface area (TPSA) is 60.5 Å². The largest absolute Gasteiger partial charge is 0.486 e. The van der Waals surface area contributed by atoms with Gasteiger partial charge in [0.15, 0.2) is 11.5 Å². The molecule has 0 fully saturated rings. The molecule has 0 unspecified atom stereocenters. The van der Waals surface area contributed by atoms with Gasteiger partial charge in [0.25, 0.3) is 5.91 Å². The lowest BCUT2D eigenvalue weighted by Gasteiger charge is -2.18. The van der Waals surface area contributed by atoms with Crippen molar-refractivity contribution in [2.75, 3.05) is 19.8 Å². The minimum atomic E-state index is -0.154. The van der Waals surface area contributed by atoms with Crippen molar-refractivity contribution in [2.45, 2.75) is 6.42 Å². The first-order valence-electron chi connectivity index (χ1n) is 7.58. The van der Waals surface area contributed by atoms with Gasteiger partial charge in [-0.25, -0.2) is 0 Å². The molecule has 0 spiro atoms. The van der Waals surface area contributed by atoms with Crippen LogP contribution in [0.15, 0.2) is 48.7 Å².